The summed E-state index contributed by atoms with van der Waals surface area (Å²) in [4.78, 5) is 11.8. The average molecular weight is 343 g/mol. The number of hydrogen-bond donors (Lipinski definition) is 1. The molecule has 5 nitrogen and oxygen atoms in total. The number of rotatable bonds is 6. The second-order valence-electron chi connectivity index (χ2n) is 5.64. The Bertz CT molecular complexity index is 953. The summed E-state index contributed by atoms with van der Waals surface area (Å²) >= 11 is 0. The maximum Gasteiger partial charge on any atom is 0.240 e. The Labute approximate surface area is 151 Å². The van der Waals surface area contributed by atoms with E-state index in [2.05, 4.69) is 16.6 Å². The van der Waals surface area contributed by atoms with Crippen LogP contribution in [0.15, 0.2) is 76.2 Å². The maximum atomic E-state index is 11.8. The van der Waals surface area contributed by atoms with Crippen LogP contribution in [0.4, 0.5) is 0 Å². The van der Waals surface area contributed by atoms with Gasteiger partial charge in [0.25, 0.3) is 0 Å². The molecular weight excluding hydrogens is 326 g/mol. The molecule has 128 valence electrons. The molecule has 0 radical (unpaired) electrons. The van der Waals surface area contributed by atoms with Crippen molar-refractivity contribution in [3.05, 3.63) is 83.6 Å². The van der Waals surface area contributed by atoms with Gasteiger partial charge < -0.3 is 4.42 Å². The van der Waals surface area contributed by atoms with Crippen molar-refractivity contribution < 1.29 is 9.21 Å². The SMILES string of the molecule is N#Cc1ccccc1-c1ccc(C=NNC(=O)CCc2ccccc2)o1. The minimum Gasteiger partial charge on any atom is -0.455 e. The molecular formula is C21H17N3O2. The van der Waals surface area contributed by atoms with Crippen molar-refractivity contribution >= 4 is 12.1 Å². The van der Waals surface area contributed by atoms with E-state index in [-0.39, 0.29) is 5.91 Å². The molecule has 3 rings (SSSR count). The summed E-state index contributed by atoms with van der Waals surface area (Å²) in [5.41, 5.74) is 4.87. The molecule has 1 aromatic heterocycles. The van der Waals surface area contributed by atoms with Crippen molar-refractivity contribution in [1.29, 1.82) is 5.26 Å². The third-order valence-corrected chi connectivity index (χ3v) is 3.80. The van der Waals surface area contributed by atoms with Gasteiger partial charge in [0.05, 0.1) is 17.8 Å². The molecule has 3 aromatic rings. The fourth-order valence-corrected chi connectivity index (χ4v) is 2.49. The molecule has 0 aliphatic carbocycles. The fourth-order valence-electron chi connectivity index (χ4n) is 2.49. The first-order valence-electron chi connectivity index (χ1n) is 8.21. The predicted octanol–water partition coefficient (Wildman–Crippen LogP) is 3.90. The van der Waals surface area contributed by atoms with Crippen molar-refractivity contribution in [2.45, 2.75) is 12.8 Å². The molecule has 0 atom stereocenters. The summed E-state index contributed by atoms with van der Waals surface area (Å²) in [6.07, 6.45) is 2.47. The van der Waals surface area contributed by atoms with Gasteiger partial charge in [0, 0.05) is 12.0 Å². The summed E-state index contributed by atoms with van der Waals surface area (Å²) in [6, 6.07) is 22.7. The van der Waals surface area contributed by atoms with E-state index in [1.165, 1.54) is 6.21 Å². The molecule has 0 fully saturated rings. The van der Waals surface area contributed by atoms with Gasteiger partial charge in [-0.1, -0.05) is 42.5 Å². The Morgan fingerprint density at radius 1 is 1.08 bits per heavy atom. The molecule has 0 spiro atoms. The van der Waals surface area contributed by atoms with Gasteiger partial charge in [0.15, 0.2) is 0 Å². The van der Waals surface area contributed by atoms with Crippen LogP contribution in [-0.4, -0.2) is 12.1 Å². The zero-order valence-corrected chi connectivity index (χ0v) is 14.1. The zero-order valence-electron chi connectivity index (χ0n) is 14.1. The number of hydrazone groups is 1. The molecule has 1 amide bonds. The minimum absolute atomic E-state index is 0.160. The summed E-state index contributed by atoms with van der Waals surface area (Å²) in [6.45, 7) is 0. The van der Waals surface area contributed by atoms with Crippen molar-refractivity contribution in [2.75, 3.05) is 0 Å². The highest BCUT2D eigenvalue weighted by Crippen LogP contribution is 2.24. The van der Waals surface area contributed by atoms with Gasteiger partial charge in [-0.25, -0.2) is 5.43 Å². The van der Waals surface area contributed by atoms with Crippen molar-refractivity contribution in [2.24, 2.45) is 5.10 Å². The molecule has 0 aliphatic rings. The smallest absolute Gasteiger partial charge is 0.240 e. The largest absolute Gasteiger partial charge is 0.455 e. The Hall–Kier alpha value is -3.65. The topological polar surface area (TPSA) is 78.4 Å². The lowest BCUT2D eigenvalue weighted by atomic mass is 10.1. The van der Waals surface area contributed by atoms with Gasteiger partial charge in [-0.05, 0) is 36.2 Å². The number of carbonyl (C=O) groups is 1. The number of furan rings is 1. The van der Waals surface area contributed by atoms with E-state index in [1.54, 1.807) is 24.3 Å². The normalized spacial score (nSPS) is 10.6. The number of benzene rings is 2. The van der Waals surface area contributed by atoms with Crippen LogP contribution in [0, 0.1) is 11.3 Å². The average Bonchev–Trinajstić information content (AvgIpc) is 3.16. The van der Waals surface area contributed by atoms with E-state index in [0.29, 0.717) is 29.9 Å². The Kier molecular flexibility index (Phi) is 5.58. The van der Waals surface area contributed by atoms with Gasteiger partial charge in [-0.15, -0.1) is 0 Å². The van der Waals surface area contributed by atoms with Crippen molar-refractivity contribution in [1.82, 2.24) is 5.43 Å². The van der Waals surface area contributed by atoms with Crippen LogP contribution in [0.25, 0.3) is 11.3 Å². The highest BCUT2D eigenvalue weighted by molar-refractivity contribution is 5.81. The molecule has 1 heterocycles. The Morgan fingerprint density at radius 2 is 1.85 bits per heavy atom. The molecule has 0 aliphatic heterocycles. The van der Waals surface area contributed by atoms with E-state index >= 15 is 0 Å². The fraction of sp³-hybridized carbons (Fsp3) is 0.0952. The summed E-state index contributed by atoms with van der Waals surface area (Å²) < 4.78 is 5.67. The van der Waals surface area contributed by atoms with Crippen LogP contribution in [0.2, 0.25) is 0 Å². The first kappa shape index (κ1) is 17.2. The lowest BCUT2D eigenvalue weighted by Gasteiger charge is -2.00. The van der Waals surface area contributed by atoms with Crippen molar-refractivity contribution in [3.63, 3.8) is 0 Å². The molecule has 26 heavy (non-hydrogen) atoms. The van der Waals surface area contributed by atoms with E-state index in [9.17, 15) is 4.79 Å². The third kappa shape index (κ3) is 4.46. The number of nitrogens with one attached hydrogen (secondary N) is 1. The Morgan fingerprint density at radius 3 is 2.65 bits per heavy atom. The van der Waals surface area contributed by atoms with Gasteiger partial charge in [-0.2, -0.15) is 10.4 Å². The van der Waals surface area contributed by atoms with Crippen molar-refractivity contribution in [3.8, 4) is 17.4 Å². The molecule has 1 N–H and O–H groups in total. The second-order valence-corrected chi connectivity index (χ2v) is 5.64. The standard InChI is InChI=1S/C21H17N3O2/c22-14-17-8-4-5-9-19(17)20-12-11-18(26-20)15-23-24-21(25)13-10-16-6-2-1-3-7-16/h1-9,11-12,15H,10,13H2,(H,24,25). The Balaban J connectivity index is 1.55. The summed E-state index contributed by atoms with van der Waals surface area (Å²) in [7, 11) is 0. The van der Waals surface area contributed by atoms with E-state index in [1.807, 2.05) is 42.5 Å². The number of carbonyl (C=O) groups excluding carboxylic acids is 1. The van der Waals surface area contributed by atoms with Gasteiger partial charge in [0.2, 0.25) is 5.91 Å². The van der Waals surface area contributed by atoms with Crippen LogP contribution >= 0.6 is 0 Å². The van der Waals surface area contributed by atoms with Crippen LogP contribution < -0.4 is 5.43 Å². The predicted molar refractivity (Wildman–Crippen MR) is 99.4 cm³/mol. The molecule has 0 saturated carbocycles. The first-order valence-corrected chi connectivity index (χ1v) is 8.21. The summed E-state index contributed by atoms with van der Waals surface area (Å²) in [5, 5.41) is 13.1. The maximum absolute atomic E-state index is 11.8. The number of aryl methyl sites for hydroxylation is 1. The number of nitriles is 1. The first-order chi connectivity index (χ1) is 12.8. The molecule has 5 heteroatoms. The zero-order chi connectivity index (χ0) is 18.2. The van der Waals surface area contributed by atoms with Crippen LogP contribution in [-0.2, 0) is 11.2 Å². The van der Waals surface area contributed by atoms with Crippen LogP contribution in [0.3, 0.4) is 0 Å². The van der Waals surface area contributed by atoms with Gasteiger partial charge >= 0.3 is 0 Å². The van der Waals surface area contributed by atoms with E-state index < -0.39 is 0 Å². The molecule has 0 bridgehead atoms. The van der Waals surface area contributed by atoms with E-state index in [0.717, 1.165) is 11.1 Å². The third-order valence-electron chi connectivity index (χ3n) is 3.80. The van der Waals surface area contributed by atoms with Gasteiger partial charge in [0.1, 0.15) is 11.5 Å². The quantitative estimate of drug-likeness (QED) is 0.544. The van der Waals surface area contributed by atoms with Crippen LogP contribution in [0.5, 0.6) is 0 Å². The minimum atomic E-state index is -0.160. The highest BCUT2D eigenvalue weighted by atomic mass is 16.3. The highest BCUT2D eigenvalue weighted by Gasteiger charge is 2.08. The van der Waals surface area contributed by atoms with E-state index in [4.69, 9.17) is 9.68 Å². The lowest BCUT2D eigenvalue weighted by molar-refractivity contribution is -0.121. The molecule has 0 unspecified atom stereocenters. The number of nitrogens with zero attached hydrogens (tertiary/aromatic N) is 2. The molecule has 2 aromatic carbocycles. The lowest BCUT2D eigenvalue weighted by Crippen LogP contribution is -2.17. The number of hydrogen-bond acceptors (Lipinski definition) is 4. The second kappa shape index (κ2) is 8.45. The van der Waals surface area contributed by atoms with Crippen LogP contribution in [0.1, 0.15) is 23.3 Å². The van der Waals surface area contributed by atoms with Gasteiger partial charge in [-0.3, -0.25) is 4.79 Å². The number of amides is 1. The molecule has 0 saturated heterocycles. The monoisotopic (exact) mass is 343 g/mol. The summed E-state index contributed by atoms with van der Waals surface area (Å²) in [5.74, 6) is 0.918.